The van der Waals surface area contributed by atoms with Gasteiger partial charge in [-0.15, -0.1) is 0 Å². The molecular weight excluding hydrogens is 439 g/mol. The van der Waals surface area contributed by atoms with E-state index in [1.807, 2.05) is 12.1 Å². The molecule has 0 N–H and O–H groups in total. The minimum atomic E-state index is 0.758. The van der Waals surface area contributed by atoms with Crippen LogP contribution in [0.3, 0.4) is 0 Å². The zero-order valence-corrected chi connectivity index (χ0v) is 19.8. The molecule has 32 heavy (non-hydrogen) atoms. The second-order valence-electron chi connectivity index (χ2n) is 8.89. The summed E-state index contributed by atoms with van der Waals surface area (Å²) >= 11 is 12.7. The number of hydrogen-bond donors (Lipinski definition) is 0. The van der Waals surface area contributed by atoms with Crippen LogP contribution >= 0.6 is 23.2 Å². The lowest BCUT2D eigenvalue weighted by molar-refractivity contribution is 0.758. The van der Waals surface area contributed by atoms with E-state index in [0.717, 1.165) is 60.0 Å². The first-order valence-corrected chi connectivity index (χ1v) is 12.0. The maximum Gasteiger partial charge on any atom is 0.0870 e. The first kappa shape index (κ1) is 20.1. The summed E-state index contributed by atoms with van der Waals surface area (Å²) in [6, 6.07) is 12.3. The lowest BCUT2D eigenvalue weighted by Crippen LogP contribution is -2.16. The molecule has 2 heterocycles. The van der Waals surface area contributed by atoms with Crippen LogP contribution in [0.2, 0.25) is 10.0 Å². The number of rotatable bonds is 1. The summed E-state index contributed by atoms with van der Waals surface area (Å²) < 4.78 is 4.54. The van der Waals surface area contributed by atoms with Crippen molar-refractivity contribution >= 4 is 56.4 Å². The minimum absolute atomic E-state index is 0.758. The maximum atomic E-state index is 6.35. The van der Waals surface area contributed by atoms with E-state index in [9.17, 15) is 0 Å². The van der Waals surface area contributed by atoms with Crippen molar-refractivity contribution in [1.29, 1.82) is 0 Å². The maximum absolute atomic E-state index is 6.35. The molecule has 2 aliphatic carbocycles. The van der Waals surface area contributed by atoms with Gasteiger partial charge >= 0.3 is 0 Å². The molecule has 0 saturated carbocycles. The van der Waals surface area contributed by atoms with Crippen LogP contribution in [0, 0.1) is 0 Å². The highest BCUT2D eigenvalue weighted by Gasteiger charge is 2.26. The Morgan fingerprint density at radius 3 is 2.12 bits per heavy atom. The molecule has 2 aromatic carbocycles. The summed E-state index contributed by atoms with van der Waals surface area (Å²) in [5.41, 5.74) is 9.64. The zero-order valence-electron chi connectivity index (χ0n) is 18.3. The Bertz CT molecular complexity index is 1470. The summed E-state index contributed by atoms with van der Waals surface area (Å²) in [7, 11) is 4.26. The van der Waals surface area contributed by atoms with Crippen LogP contribution in [0.25, 0.3) is 21.8 Å². The molecule has 4 aromatic rings. The molecule has 0 atom stereocenters. The topological polar surface area (TPSA) is 34.6 Å². The van der Waals surface area contributed by atoms with E-state index in [0.29, 0.717) is 0 Å². The first-order valence-electron chi connectivity index (χ1n) is 11.2. The van der Waals surface area contributed by atoms with Crippen molar-refractivity contribution in [2.45, 2.75) is 38.5 Å². The monoisotopic (exact) mass is 462 g/mol. The van der Waals surface area contributed by atoms with Gasteiger partial charge in [0.2, 0.25) is 0 Å². The number of halogens is 2. The van der Waals surface area contributed by atoms with Crippen molar-refractivity contribution in [3.05, 3.63) is 69.0 Å². The minimum Gasteiger partial charge on any atom is -0.347 e. The van der Waals surface area contributed by atoms with Crippen LogP contribution in [-0.4, -0.2) is 20.6 Å². The number of benzene rings is 2. The van der Waals surface area contributed by atoms with Gasteiger partial charge in [0, 0.05) is 57.2 Å². The molecule has 0 spiro atoms. The molecule has 0 bridgehead atoms. The van der Waals surface area contributed by atoms with Gasteiger partial charge in [-0.3, -0.25) is 0 Å². The Morgan fingerprint density at radius 1 is 0.719 bits per heavy atom. The largest absolute Gasteiger partial charge is 0.347 e. The molecular formula is C26H24Cl2N4. The van der Waals surface area contributed by atoms with Crippen molar-refractivity contribution < 1.29 is 0 Å². The Kier molecular flexibility index (Phi) is 4.70. The fourth-order valence-corrected chi connectivity index (χ4v) is 5.96. The molecule has 162 valence electrons. The lowest BCUT2D eigenvalue weighted by atomic mass is 9.93. The zero-order chi connectivity index (χ0) is 22.0. The molecule has 2 aliphatic rings. The van der Waals surface area contributed by atoms with Gasteiger partial charge in [0.1, 0.15) is 0 Å². The van der Waals surface area contributed by atoms with Crippen LogP contribution in [0.4, 0.5) is 0 Å². The van der Waals surface area contributed by atoms with Crippen molar-refractivity contribution in [2.24, 2.45) is 24.3 Å². The number of hydrogen-bond acceptors (Lipinski definition) is 2. The lowest BCUT2D eigenvalue weighted by Gasteiger charge is -2.17. The molecule has 6 heteroatoms. The number of aryl methyl sites for hydroxylation is 3. The van der Waals surface area contributed by atoms with Gasteiger partial charge in [-0.2, -0.15) is 10.2 Å². The SMILES string of the molecule is Cn1c2c(c3cc(Cl)ccc31)C(=NN=C1CCCc3c1n(C)c1ccc(Cl)cc31)CCC2. The van der Waals surface area contributed by atoms with Crippen LogP contribution in [0.15, 0.2) is 46.6 Å². The Labute approximate surface area is 197 Å². The quantitative estimate of drug-likeness (QED) is 0.277. The van der Waals surface area contributed by atoms with Crippen LogP contribution in [-0.2, 0) is 26.9 Å². The Hall–Kier alpha value is -2.56. The van der Waals surface area contributed by atoms with Gasteiger partial charge < -0.3 is 9.13 Å². The Balaban J connectivity index is 1.51. The molecule has 0 fully saturated rings. The van der Waals surface area contributed by atoms with Crippen molar-refractivity contribution in [3.8, 4) is 0 Å². The third kappa shape index (κ3) is 2.96. The number of nitrogens with zero attached hydrogens (tertiary/aromatic N) is 4. The fraction of sp³-hybridized carbons (Fsp3) is 0.308. The normalized spacial score (nSPS) is 18.6. The highest BCUT2D eigenvalue weighted by molar-refractivity contribution is 6.32. The van der Waals surface area contributed by atoms with Gasteiger partial charge in [-0.05, 0) is 80.5 Å². The molecule has 4 nitrogen and oxygen atoms in total. The Morgan fingerprint density at radius 2 is 1.34 bits per heavy atom. The van der Waals surface area contributed by atoms with Crippen molar-refractivity contribution in [2.75, 3.05) is 0 Å². The summed E-state index contributed by atoms with van der Waals surface area (Å²) in [5.74, 6) is 0. The number of fused-ring (bicyclic) bond motifs is 6. The molecule has 6 rings (SSSR count). The van der Waals surface area contributed by atoms with E-state index >= 15 is 0 Å². The average Bonchev–Trinajstić information content (AvgIpc) is 3.24. The van der Waals surface area contributed by atoms with Gasteiger partial charge in [0.05, 0.1) is 17.1 Å². The van der Waals surface area contributed by atoms with Gasteiger partial charge in [-0.1, -0.05) is 23.2 Å². The second kappa shape index (κ2) is 7.50. The second-order valence-corrected chi connectivity index (χ2v) is 9.76. The smallest absolute Gasteiger partial charge is 0.0870 e. The summed E-state index contributed by atoms with van der Waals surface area (Å²) in [4.78, 5) is 0. The third-order valence-electron chi connectivity index (χ3n) is 7.07. The average molecular weight is 463 g/mol. The molecule has 0 unspecified atom stereocenters. The molecule has 0 amide bonds. The van der Waals surface area contributed by atoms with Gasteiger partial charge in [0.25, 0.3) is 0 Å². The van der Waals surface area contributed by atoms with E-state index < -0.39 is 0 Å². The first-order chi connectivity index (χ1) is 15.5. The summed E-state index contributed by atoms with van der Waals surface area (Å²) in [5, 5.41) is 13.7. The van der Waals surface area contributed by atoms with E-state index in [4.69, 9.17) is 33.4 Å². The van der Waals surface area contributed by atoms with Crippen molar-refractivity contribution in [3.63, 3.8) is 0 Å². The van der Waals surface area contributed by atoms with Crippen LogP contribution in [0.5, 0.6) is 0 Å². The fourth-order valence-electron chi connectivity index (χ4n) is 5.62. The van der Waals surface area contributed by atoms with E-state index in [-0.39, 0.29) is 0 Å². The van der Waals surface area contributed by atoms with E-state index in [1.54, 1.807) is 0 Å². The van der Waals surface area contributed by atoms with E-state index in [1.165, 1.54) is 44.3 Å². The molecule has 2 aromatic heterocycles. The summed E-state index contributed by atoms with van der Waals surface area (Å²) in [6.45, 7) is 0. The predicted octanol–water partition coefficient (Wildman–Crippen LogP) is 6.84. The third-order valence-corrected chi connectivity index (χ3v) is 7.54. The number of aromatic nitrogens is 2. The van der Waals surface area contributed by atoms with Gasteiger partial charge in [-0.25, -0.2) is 0 Å². The standard InChI is InChI=1S/C26H24Cl2N4/c1-31-23-12-10-16(28)14-19(23)25-20(6-4-8-24(25)31)29-30-21-7-3-5-17-18-13-15(27)9-11-22(18)32(2)26(17)21/h9-14H,3-8H2,1-2H3. The molecule has 0 radical (unpaired) electrons. The summed E-state index contributed by atoms with van der Waals surface area (Å²) in [6.07, 6.45) is 6.16. The van der Waals surface area contributed by atoms with Crippen LogP contribution in [0.1, 0.15) is 48.2 Å². The van der Waals surface area contributed by atoms with Crippen molar-refractivity contribution in [1.82, 2.24) is 9.13 Å². The molecule has 0 saturated heterocycles. The highest BCUT2D eigenvalue weighted by atomic mass is 35.5. The highest BCUT2D eigenvalue weighted by Crippen LogP contribution is 2.35. The van der Waals surface area contributed by atoms with Gasteiger partial charge in [0.15, 0.2) is 0 Å². The van der Waals surface area contributed by atoms with E-state index in [2.05, 4.69) is 47.5 Å². The van der Waals surface area contributed by atoms with Crippen LogP contribution < -0.4 is 0 Å². The molecule has 0 aliphatic heterocycles. The predicted molar refractivity (Wildman–Crippen MR) is 135 cm³/mol.